The summed E-state index contributed by atoms with van der Waals surface area (Å²) < 4.78 is 77.7. The highest BCUT2D eigenvalue weighted by molar-refractivity contribution is 7.89. The SMILES string of the molecule is CN1CCC(Oc2nn(-c3nnc(C(F)F)s3)c3cc(S(=O)(=O)NC4(C)CC4)cc(F)c23)CC1(C)C. The average molecular weight is 545 g/mol. The van der Waals surface area contributed by atoms with Crippen molar-refractivity contribution in [2.45, 2.75) is 75.0 Å². The second-order valence-electron chi connectivity index (χ2n) is 10.4. The number of nitrogens with zero attached hydrogens (tertiary/aromatic N) is 5. The number of ether oxygens (including phenoxy) is 1. The Balaban J connectivity index is 1.61. The van der Waals surface area contributed by atoms with Crippen LogP contribution in [-0.2, 0) is 10.0 Å². The van der Waals surface area contributed by atoms with Crippen LogP contribution in [0.5, 0.6) is 5.88 Å². The van der Waals surface area contributed by atoms with Crippen LogP contribution >= 0.6 is 11.3 Å². The molecular weight excluding hydrogens is 517 g/mol. The predicted octanol–water partition coefficient (Wildman–Crippen LogP) is 4.04. The summed E-state index contributed by atoms with van der Waals surface area (Å²) in [6.07, 6.45) is -0.413. The molecule has 0 amide bonds. The molecule has 9 nitrogen and oxygen atoms in total. The van der Waals surface area contributed by atoms with Gasteiger partial charge in [0.2, 0.25) is 21.0 Å². The Bertz CT molecular complexity index is 1420. The number of rotatable bonds is 7. The fourth-order valence-corrected chi connectivity index (χ4v) is 6.47. The van der Waals surface area contributed by atoms with Crippen LogP contribution in [0.3, 0.4) is 0 Å². The van der Waals surface area contributed by atoms with Gasteiger partial charge in [0.05, 0.1) is 15.8 Å². The van der Waals surface area contributed by atoms with Gasteiger partial charge < -0.3 is 9.64 Å². The summed E-state index contributed by atoms with van der Waals surface area (Å²) in [5, 5.41) is 11.0. The van der Waals surface area contributed by atoms with Crippen LogP contribution in [-0.4, -0.2) is 64.1 Å². The molecule has 36 heavy (non-hydrogen) atoms. The maximum Gasteiger partial charge on any atom is 0.291 e. The first-order chi connectivity index (χ1) is 16.8. The van der Waals surface area contributed by atoms with E-state index in [0.717, 1.165) is 17.3 Å². The van der Waals surface area contributed by atoms with Crippen LogP contribution in [0.15, 0.2) is 17.0 Å². The van der Waals surface area contributed by atoms with Gasteiger partial charge in [-0.1, -0.05) is 11.3 Å². The third kappa shape index (κ3) is 4.71. The van der Waals surface area contributed by atoms with Gasteiger partial charge in [-0.25, -0.2) is 31.0 Å². The lowest BCUT2D eigenvalue weighted by atomic mass is 9.89. The van der Waals surface area contributed by atoms with Crippen molar-refractivity contribution in [1.82, 2.24) is 29.6 Å². The van der Waals surface area contributed by atoms with E-state index in [1.165, 1.54) is 6.07 Å². The molecular formula is C22H27F3N6O3S2. The zero-order valence-electron chi connectivity index (χ0n) is 20.3. The number of piperidine rings is 1. The summed E-state index contributed by atoms with van der Waals surface area (Å²) in [7, 11) is -2.02. The second kappa shape index (κ2) is 8.64. The number of nitrogens with one attached hydrogen (secondary N) is 1. The van der Waals surface area contributed by atoms with E-state index in [9.17, 15) is 17.2 Å². The Hall–Kier alpha value is -2.29. The smallest absolute Gasteiger partial charge is 0.291 e. The summed E-state index contributed by atoms with van der Waals surface area (Å²) in [5.41, 5.74) is -0.683. The highest BCUT2D eigenvalue weighted by atomic mass is 32.2. The van der Waals surface area contributed by atoms with E-state index in [1.54, 1.807) is 6.92 Å². The number of halogens is 3. The molecule has 2 aliphatic rings. The van der Waals surface area contributed by atoms with Crippen LogP contribution in [0.2, 0.25) is 0 Å². The van der Waals surface area contributed by atoms with Crippen molar-refractivity contribution in [2.75, 3.05) is 13.6 Å². The molecule has 1 atom stereocenters. The number of fused-ring (bicyclic) bond motifs is 1. The molecule has 0 radical (unpaired) electrons. The molecule has 2 aromatic heterocycles. The standard InChI is InChI=1S/C22H27F3N6O3S2/c1-21(2)11-12(5-8-30(21)4)34-18-16-14(23)9-13(36(32,33)29-22(3)6-7-22)10-15(16)31(28-18)20-27-26-19(35-20)17(24)25/h9-10,12,17,29H,5-8,11H2,1-4H3. The predicted molar refractivity (Wildman–Crippen MR) is 128 cm³/mol. The maximum absolute atomic E-state index is 15.5. The van der Waals surface area contributed by atoms with Gasteiger partial charge in [0, 0.05) is 24.0 Å². The van der Waals surface area contributed by atoms with Crippen LogP contribution < -0.4 is 9.46 Å². The molecule has 1 aliphatic carbocycles. The third-order valence-corrected chi connectivity index (χ3v) is 9.51. The molecule has 1 saturated heterocycles. The van der Waals surface area contributed by atoms with Crippen molar-refractivity contribution in [3.8, 4) is 11.0 Å². The molecule has 1 aliphatic heterocycles. The largest absolute Gasteiger partial charge is 0.473 e. The van der Waals surface area contributed by atoms with Gasteiger partial charge in [-0.15, -0.1) is 15.3 Å². The van der Waals surface area contributed by atoms with Crippen LogP contribution in [0.25, 0.3) is 16.0 Å². The van der Waals surface area contributed by atoms with Crippen molar-refractivity contribution >= 4 is 32.3 Å². The summed E-state index contributed by atoms with van der Waals surface area (Å²) in [4.78, 5) is 1.91. The first-order valence-electron chi connectivity index (χ1n) is 11.5. The molecule has 3 heterocycles. The van der Waals surface area contributed by atoms with Crippen molar-refractivity contribution in [3.05, 3.63) is 23.0 Å². The third-order valence-electron chi connectivity index (χ3n) is 6.99. The van der Waals surface area contributed by atoms with Crippen LogP contribution in [0.4, 0.5) is 13.2 Å². The van der Waals surface area contributed by atoms with Crippen molar-refractivity contribution in [2.24, 2.45) is 0 Å². The van der Waals surface area contributed by atoms with Crippen LogP contribution in [0, 0.1) is 5.82 Å². The Morgan fingerprint density at radius 3 is 2.56 bits per heavy atom. The van der Waals surface area contributed by atoms with E-state index < -0.39 is 32.8 Å². The number of hydrogen-bond donors (Lipinski definition) is 1. The molecule has 0 spiro atoms. The van der Waals surface area contributed by atoms with Gasteiger partial charge in [-0.2, -0.15) is 0 Å². The van der Waals surface area contributed by atoms with Gasteiger partial charge in [0.1, 0.15) is 11.9 Å². The monoisotopic (exact) mass is 544 g/mol. The lowest BCUT2D eigenvalue weighted by molar-refractivity contribution is 0.0244. The highest BCUT2D eigenvalue weighted by Crippen LogP contribution is 2.39. The second-order valence-corrected chi connectivity index (χ2v) is 13.0. The minimum atomic E-state index is -4.05. The van der Waals surface area contributed by atoms with Crippen molar-refractivity contribution < 1.29 is 26.3 Å². The molecule has 1 unspecified atom stereocenters. The summed E-state index contributed by atoms with van der Waals surface area (Å²) >= 11 is 0.586. The first-order valence-corrected chi connectivity index (χ1v) is 13.8. The topological polar surface area (TPSA) is 102 Å². The van der Waals surface area contributed by atoms with Gasteiger partial charge in [0.25, 0.3) is 6.43 Å². The highest BCUT2D eigenvalue weighted by Gasteiger charge is 2.42. The van der Waals surface area contributed by atoms with Gasteiger partial charge in [-0.3, -0.25) is 0 Å². The zero-order chi connectivity index (χ0) is 26.0. The van der Waals surface area contributed by atoms with Crippen LogP contribution in [0.1, 0.15) is 57.9 Å². The minimum absolute atomic E-state index is 0.0375. The molecule has 14 heteroatoms. The van der Waals surface area contributed by atoms with Gasteiger partial charge >= 0.3 is 0 Å². The summed E-state index contributed by atoms with van der Waals surface area (Å²) in [6, 6.07) is 2.19. The molecule has 196 valence electrons. The number of hydrogen-bond acceptors (Lipinski definition) is 8. The molecule has 3 aromatic rings. The maximum atomic E-state index is 15.5. The minimum Gasteiger partial charge on any atom is -0.473 e. The number of benzene rings is 1. The summed E-state index contributed by atoms with van der Waals surface area (Å²) in [6.45, 7) is 6.69. The number of alkyl halides is 2. The lowest BCUT2D eigenvalue weighted by Gasteiger charge is -2.43. The number of sulfonamides is 1. The van der Waals surface area contributed by atoms with E-state index in [-0.39, 0.29) is 38.5 Å². The molecule has 1 saturated carbocycles. The van der Waals surface area contributed by atoms with Crippen molar-refractivity contribution in [3.63, 3.8) is 0 Å². The molecule has 5 rings (SSSR count). The van der Waals surface area contributed by atoms with Gasteiger partial charge in [0.15, 0.2) is 5.01 Å². The van der Waals surface area contributed by atoms with E-state index in [1.807, 2.05) is 7.05 Å². The fourth-order valence-electron chi connectivity index (χ4n) is 4.31. The lowest BCUT2D eigenvalue weighted by Crippen LogP contribution is -2.50. The normalized spacial score (nSPS) is 21.8. The Morgan fingerprint density at radius 2 is 1.94 bits per heavy atom. The molecule has 1 aromatic carbocycles. The Morgan fingerprint density at radius 1 is 1.22 bits per heavy atom. The average Bonchev–Trinajstić information content (AvgIpc) is 3.18. The van der Waals surface area contributed by atoms with E-state index in [2.05, 4.69) is 38.8 Å². The quantitative estimate of drug-likeness (QED) is 0.479. The van der Waals surface area contributed by atoms with E-state index in [0.29, 0.717) is 37.0 Å². The molecule has 0 bridgehead atoms. The Labute approximate surface area is 210 Å². The van der Waals surface area contributed by atoms with Crippen molar-refractivity contribution in [1.29, 1.82) is 0 Å². The molecule has 1 N–H and O–H groups in total. The van der Waals surface area contributed by atoms with Gasteiger partial charge in [-0.05, 0) is 59.2 Å². The zero-order valence-corrected chi connectivity index (χ0v) is 21.9. The number of aromatic nitrogens is 4. The molecule has 2 fully saturated rings. The summed E-state index contributed by atoms with van der Waals surface area (Å²) in [5.74, 6) is -0.895. The van der Waals surface area contributed by atoms with E-state index in [4.69, 9.17) is 4.74 Å². The number of likely N-dealkylation sites (tertiary alicyclic amines) is 1. The fraction of sp³-hybridized carbons (Fsp3) is 0.591. The Kier molecular flexibility index (Phi) is 6.09. The first kappa shape index (κ1) is 25.4. The van der Waals surface area contributed by atoms with E-state index >= 15 is 4.39 Å².